The molecule has 0 fully saturated rings. The number of fused-ring (bicyclic) bond motifs is 12. The predicted octanol–water partition coefficient (Wildman–Crippen LogP) is 15.4. The standard InChI is InChI=1S/C55H36N2OS/c1-3-17-37(18-4-1)56(38-19-5-2-6-20-38)39-21-15-22-40(35-39)57(41-33-34-52-45(36-41)44-25-9-13-31-51(44)58-52)50-30-16-29-49-54(50)59-53-32-14-12-28-48(53)55(49)46-26-10-7-23-42(46)43-24-8-11-27-47(43)55/h1-36H. The van der Waals surface area contributed by atoms with Crippen LogP contribution in [-0.4, -0.2) is 0 Å². The lowest BCUT2D eigenvalue weighted by atomic mass is 9.67. The van der Waals surface area contributed by atoms with Gasteiger partial charge in [0.1, 0.15) is 11.2 Å². The van der Waals surface area contributed by atoms with E-state index < -0.39 is 5.41 Å². The molecular formula is C55H36N2OS. The van der Waals surface area contributed by atoms with Crippen molar-refractivity contribution < 1.29 is 4.42 Å². The summed E-state index contributed by atoms with van der Waals surface area (Å²) in [5, 5.41) is 2.20. The summed E-state index contributed by atoms with van der Waals surface area (Å²) in [6.45, 7) is 0. The van der Waals surface area contributed by atoms with E-state index in [2.05, 4.69) is 222 Å². The number of benzene rings is 9. The van der Waals surface area contributed by atoms with E-state index in [0.29, 0.717) is 0 Å². The van der Waals surface area contributed by atoms with Gasteiger partial charge >= 0.3 is 0 Å². The highest BCUT2D eigenvalue weighted by molar-refractivity contribution is 7.99. The van der Waals surface area contributed by atoms with Crippen LogP contribution in [0.1, 0.15) is 22.3 Å². The number of hydrogen-bond donors (Lipinski definition) is 0. The molecule has 2 aliphatic rings. The number of anilines is 6. The van der Waals surface area contributed by atoms with Crippen LogP contribution < -0.4 is 9.80 Å². The van der Waals surface area contributed by atoms with Crippen LogP contribution in [0.15, 0.2) is 233 Å². The molecule has 1 aliphatic heterocycles. The van der Waals surface area contributed by atoms with Crippen molar-refractivity contribution in [2.45, 2.75) is 15.2 Å². The molecule has 10 aromatic rings. The first kappa shape index (κ1) is 33.8. The predicted molar refractivity (Wildman–Crippen MR) is 245 cm³/mol. The fourth-order valence-electron chi connectivity index (χ4n) is 9.69. The minimum absolute atomic E-state index is 0.490. The Bertz CT molecular complexity index is 3140. The monoisotopic (exact) mass is 772 g/mol. The van der Waals surface area contributed by atoms with Gasteiger partial charge in [-0.1, -0.05) is 151 Å². The maximum atomic E-state index is 6.38. The zero-order chi connectivity index (χ0) is 38.9. The molecule has 0 unspecified atom stereocenters. The third-order valence-electron chi connectivity index (χ3n) is 12.1. The first-order chi connectivity index (χ1) is 29.3. The second-order valence-corrected chi connectivity index (χ2v) is 16.3. The molecule has 0 amide bonds. The smallest absolute Gasteiger partial charge is 0.135 e. The first-order valence-corrected chi connectivity index (χ1v) is 20.9. The Morgan fingerprint density at radius 1 is 0.356 bits per heavy atom. The van der Waals surface area contributed by atoms with Crippen molar-refractivity contribution in [1.82, 2.24) is 0 Å². The molecule has 2 heterocycles. The van der Waals surface area contributed by atoms with Crippen molar-refractivity contribution in [3.63, 3.8) is 0 Å². The van der Waals surface area contributed by atoms with Crippen LogP contribution in [0.2, 0.25) is 0 Å². The van der Waals surface area contributed by atoms with Crippen molar-refractivity contribution in [3.05, 3.63) is 241 Å². The molecule has 12 rings (SSSR count). The Kier molecular flexibility index (Phi) is 7.69. The SMILES string of the molecule is c1ccc(N(c2ccccc2)c2cccc(N(c3ccc4oc5ccccc5c4c3)c3cccc4c3Sc3ccccc3C43c4ccccc4-c4ccccc43)c2)cc1. The van der Waals surface area contributed by atoms with Gasteiger partial charge in [-0.2, -0.15) is 0 Å². The largest absolute Gasteiger partial charge is 0.456 e. The summed E-state index contributed by atoms with van der Waals surface area (Å²) in [5.74, 6) is 0. The highest BCUT2D eigenvalue weighted by atomic mass is 32.2. The van der Waals surface area contributed by atoms with Crippen LogP contribution in [0.3, 0.4) is 0 Å². The molecule has 1 aromatic heterocycles. The van der Waals surface area contributed by atoms with Gasteiger partial charge in [-0.25, -0.2) is 0 Å². The van der Waals surface area contributed by atoms with Gasteiger partial charge < -0.3 is 14.2 Å². The average Bonchev–Trinajstić information content (AvgIpc) is 3.82. The van der Waals surface area contributed by atoms with E-state index in [1.165, 1.54) is 43.2 Å². The lowest BCUT2D eigenvalue weighted by Gasteiger charge is -2.41. The van der Waals surface area contributed by atoms with E-state index in [1.54, 1.807) is 0 Å². The summed E-state index contributed by atoms with van der Waals surface area (Å²) in [5.41, 5.74) is 15.6. The number of para-hydroxylation sites is 3. The van der Waals surface area contributed by atoms with Crippen LogP contribution in [0.25, 0.3) is 33.1 Å². The van der Waals surface area contributed by atoms with Crippen LogP contribution in [-0.2, 0) is 5.41 Å². The molecule has 3 nitrogen and oxygen atoms in total. The Morgan fingerprint density at radius 3 is 1.61 bits per heavy atom. The number of rotatable bonds is 6. The molecule has 1 spiro atoms. The minimum Gasteiger partial charge on any atom is -0.456 e. The van der Waals surface area contributed by atoms with Crippen molar-refractivity contribution in [2.75, 3.05) is 9.80 Å². The van der Waals surface area contributed by atoms with Gasteiger partial charge in [-0.15, -0.1) is 0 Å². The van der Waals surface area contributed by atoms with Crippen LogP contribution >= 0.6 is 11.8 Å². The fraction of sp³-hybridized carbons (Fsp3) is 0.0182. The zero-order valence-electron chi connectivity index (χ0n) is 32.0. The molecule has 0 atom stereocenters. The van der Waals surface area contributed by atoms with Gasteiger partial charge in [0.05, 0.1) is 11.1 Å². The number of nitrogens with zero attached hydrogens (tertiary/aromatic N) is 2. The highest BCUT2D eigenvalue weighted by Gasteiger charge is 2.50. The average molecular weight is 773 g/mol. The fourth-order valence-corrected chi connectivity index (χ4v) is 11.0. The molecule has 0 saturated carbocycles. The highest BCUT2D eigenvalue weighted by Crippen LogP contribution is 2.64. The maximum Gasteiger partial charge on any atom is 0.135 e. The summed E-state index contributed by atoms with van der Waals surface area (Å²) in [6, 6.07) is 79.2. The summed E-state index contributed by atoms with van der Waals surface area (Å²) in [4.78, 5) is 7.30. The molecular weight excluding hydrogens is 737 g/mol. The molecule has 4 heteroatoms. The Labute approximate surface area is 347 Å². The summed E-state index contributed by atoms with van der Waals surface area (Å²) < 4.78 is 6.38. The molecule has 59 heavy (non-hydrogen) atoms. The molecule has 0 bridgehead atoms. The van der Waals surface area contributed by atoms with Crippen LogP contribution in [0.4, 0.5) is 34.1 Å². The van der Waals surface area contributed by atoms with E-state index in [-0.39, 0.29) is 0 Å². The normalized spacial score (nSPS) is 13.2. The summed E-state index contributed by atoms with van der Waals surface area (Å²) >= 11 is 1.88. The topological polar surface area (TPSA) is 19.6 Å². The molecule has 1 aliphatic carbocycles. The van der Waals surface area contributed by atoms with E-state index >= 15 is 0 Å². The number of furan rings is 1. The Balaban J connectivity index is 1.14. The summed E-state index contributed by atoms with van der Waals surface area (Å²) in [6.07, 6.45) is 0. The van der Waals surface area contributed by atoms with Crippen molar-refractivity contribution >= 4 is 67.8 Å². The van der Waals surface area contributed by atoms with E-state index in [1.807, 2.05) is 17.8 Å². The van der Waals surface area contributed by atoms with Gasteiger partial charge in [0.2, 0.25) is 0 Å². The van der Waals surface area contributed by atoms with E-state index in [9.17, 15) is 0 Å². The maximum absolute atomic E-state index is 6.38. The minimum atomic E-state index is -0.490. The van der Waals surface area contributed by atoms with Crippen molar-refractivity contribution in [3.8, 4) is 11.1 Å². The van der Waals surface area contributed by atoms with Gasteiger partial charge in [-0.3, -0.25) is 0 Å². The van der Waals surface area contributed by atoms with E-state index in [0.717, 1.165) is 56.1 Å². The van der Waals surface area contributed by atoms with Gasteiger partial charge in [-0.05, 0) is 112 Å². The van der Waals surface area contributed by atoms with E-state index in [4.69, 9.17) is 4.42 Å². The lowest BCUT2D eigenvalue weighted by Crippen LogP contribution is -2.32. The Morgan fingerprint density at radius 2 is 0.881 bits per heavy atom. The zero-order valence-corrected chi connectivity index (χ0v) is 32.8. The van der Waals surface area contributed by atoms with Gasteiger partial charge in [0.25, 0.3) is 0 Å². The Hall–Kier alpha value is -7.27. The first-order valence-electron chi connectivity index (χ1n) is 20.1. The van der Waals surface area contributed by atoms with Crippen LogP contribution in [0, 0.1) is 0 Å². The number of hydrogen-bond acceptors (Lipinski definition) is 4. The lowest BCUT2D eigenvalue weighted by molar-refractivity contribution is 0.669. The molecule has 278 valence electrons. The van der Waals surface area contributed by atoms with Gasteiger partial charge in [0.15, 0.2) is 0 Å². The van der Waals surface area contributed by atoms with Crippen LogP contribution in [0.5, 0.6) is 0 Å². The summed E-state index contributed by atoms with van der Waals surface area (Å²) in [7, 11) is 0. The third kappa shape index (κ3) is 5.10. The quantitative estimate of drug-likeness (QED) is 0.168. The third-order valence-corrected chi connectivity index (χ3v) is 13.3. The molecule has 9 aromatic carbocycles. The second kappa shape index (κ2) is 13.4. The second-order valence-electron chi connectivity index (χ2n) is 15.2. The molecule has 0 N–H and O–H groups in total. The van der Waals surface area contributed by atoms with Crippen molar-refractivity contribution in [1.29, 1.82) is 0 Å². The van der Waals surface area contributed by atoms with Crippen molar-refractivity contribution in [2.24, 2.45) is 0 Å². The van der Waals surface area contributed by atoms with Gasteiger partial charge in [0, 0.05) is 49.0 Å². The molecule has 0 radical (unpaired) electrons. The molecule has 0 saturated heterocycles.